The van der Waals surface area contributed by atoms with Gasteiger partial charge in [0.05, 0.1) is 0 Å². The fraction of sp³-hybridized carbons (Fsp3) is 0.321. The minimum absolute atomic E-state index is 0.0232. The summed E-state index contributed by atoms with van der Waals surface area (Å²) in [5.41, 5.74) is -1.57. The predicted molar refractivity (Wildman–Crippen MR) is 142 cm³/mol. The van der Waals surface area contributed by atoms with Crippen LogP contribution in [0.4, 0.5) is 9.59 Å². The number of likely N-dealkylation sites (tertiary alicyclic amines) is 1. The van der Waals surface area contributed by atoms with E-state index in [9.17, 15) is 29.4 Å². The maximum atomic E-state index is 13.0. The number of alkyl carbamates (subject to hydrolysis) is 1. The van der Waals surface area contributed by atoms with Crippen LogP contribution in [0, 0.1) is 0 Å². The zero-order chi connectivity index (χ0) is 28.7. The summed E-state index contributed by atoms with van der Waals surface area (Å²) in [5, 5.41) is 22.5. The van der Waals surface area contributed by atoms with Gasteiger partial charge in [-0.05, 0) is 30.9 Å². The Kier molecular flexibility index (Phi) is 8.67. The normalized spacial score (nSPS) is 14.3. The lowest BCUT2D eigenvalue weighted by atomic mass is 9.86. The number of aromatic nitrogens is 2. The summed E-state index contributed by atoms with van der Waals surface area (Å²) in [6.07, 6.45) is -1.22. The standard InChI is InChI=1S/C28H30N4O8/c1-2-32-23(34)22(33)21(24(35)36)29-25(32)28(30-26(37)39-17-19-9-5-3-6-10-19)13-15-31(16-14-28)27(38)40-18-20-11-7-4-8-12-20/h3-12,33H,2,13-18H2,1H3,(H,30,37)(H,35,36). The van der Waals surface area contributed by atoms with Crippen molar-refractivity contribution in [3.63, 3.8) is 0 Å². The Morgan fingerprint density at radius 2 is 1.50 bits per heavy atom. The summed E-state index contributed by atoms with van der Waals surface area (Å²) >= 11 is 0. The summed E-state index contributed by atoms with van der Waals surface area (Å²) in [4.78, 5) is 56.0. The predicted octanol–water partition coefficient (Wildman–Crippen LogP) is 3.22. The molecule has 0 spiro atoms. The molecule has 0 bridgehead atoms. The van der Waals surface area contributed by atoms with Crippen molar-refractivity contribution in [1.82, 2.24) is 19.8 Å². The van der Waals surface area contributed by atoms with Gasteiger partial charge >= 0.3 is 18.2 Å². The van der Waals surface area contributed by atoms with Gasteiger partial charge in [-0.3, -0.25) is 9.36 Å². The molecule has 2 aromatic carbocycles. The van der Waals surface area contributed by atoms with E-state index in [2.05, 4.69) is 10.3 Å². The van der Waals surface area contributed by atoms with Gasteiger partial charge in [-0.1, -0.05) is 60.7 Å². The van der Waals surface area contributed by atoms with Crippen LogP contribution in [0.3, 0.4) is 0 Å². The number of carboxylic acids is 1. The quantitative estimate of drug-likeness (QED) is 0.382. The molecule has 1 aliphatic rings. The highest BCUT2D eigenvalue weighted by Crippen LogP contribution is 2.33. The first-order chi connectivity index (χ1) is 19.2. The maximum Gasteiger partial charge on any atom is 0.410 e. The number of nitrogens with zero attached hydrogens (tertiary/aromatic N) is 3. The van der Waals surface area contributed by atoms with Crippen LogP contribution in [0.15, 0.2) is 65.5 Å². The summed E-state index contributed by atoms with van der Waals surface area (Å²) < 4.78 is 12.0. The highest BCUT2D eigenvalue weighted by atomic mass is 16.6. The first-order valence-corrected chi connectivity index (χ1v) is 12.8. The van der Waals surface area contributed by atoms with Crippen LogP contribution < -0.4 is 10.9 Å². The first-order valence-electron chi connectivity index (χ1n) is 12.8. The molecule has 0 aliphatic carbocycles. The largest absolute Gasteiger partial charge is 0.501 e. The van der Waals surface area contributed by atoms with E-state index in [1.807, 2.05) is 36.4 Å². The third-order valence-electron chi connectivity index (χ3n) is 6.73. The molecule has 1 fully saturated rings. The lowest BCUT2D eigenvalue weighted by Crippen LogP contribution is -2.56. The van der Waals surface area contributed by atoms with E-state index < -0.39 is 40.7 Å². The SMILES string of the molecule is CCn1c(C2(NC(=O)OCc3ccccc3)CCN(C(=O)OCc3ccccc3)CC2)nc(C(=O)O)c(O)c1=O. The molecule has 0 radical (unpaired) electrons. The van der Waals surface area contributed by atoms with Crippen LogP contribution >= 0.6 is 0 Å². The van der Waals surface area contributed by atoms with Crippen LogP contribution in [0.5, 0.6) is 5.75 Å². The number of hydrogen-bond donors (Lipinski definition) is 3. The van der Waals surface area contributed by atoms with Crippen LogP contribution in [0.1, 0.15) is 47.2 Å². The molecule has 0 saturated carbocycles. The van der Waals surface area contributed by atoms with E-state index in [1.165, 1.54) is 4.90 Å². The van der Waals surface area contributed by atoms with Gasteiger partial charge < -0.3 is 29.9 Å². The fourth-order valence-electron chi connectivity index (χ4n) is 4.59. The number of nitrogens with one attached hydrogen (secondary N) is 1. The Morgan fingerprint density at radius 3 is 2.02 bits per heavy atom. The van der Waals surface area contributed by atoms with Crippen molar-refractivity contribution in [3.05, 3.63) is 93.7 Å². The van der Waals surface area contributed by atoms with Crippen LogP contribution in [0.25, 0.3) is 0 Å². The van der Waals surface area contributed by atoms with Gasteiger partial charge in [0.15, 0.2) is 5.69 Å². The van der Waals surface area contributed by atoms with Crippen molar-refractivity contribution >= 4 is 18.2 Å². The number of amides is 2. The van der Waals surface area contributed by atoms with Gasteiger partial charge in [0.25, 0.3) is 5.56 Å². The number of ether oxygens (including phenoxy) is 2. The molecule has 1 saturated heterocycles. The Bertz CT molecular complexity index is 1420. The number of aromatic hydroxyl groups is 1. The molecule has 1 aromatic heterocycles. The zero-order valence-electron chi connectivity index (χ0n) is 21.9. The lowest BCUT2D eigenvalue weighted by Gasteiger charge is -2.41. The summed E-state index contributed by atoms with van der Waals surface area (Å²) in [6.45, 7) is 1.95. The molecular weight excluding hydrogens is 520 g/mol. The number of hydrogen-bond acceptors (Lipinski definition) is 8. The van der Waals surface area contributed by atoms with Crippen LogP contribution in [0.2, 0.25) is 0 Å². The second-order valence-corrected chi connectivity index (χ2v) is 9.28. The second-order valence-electron chi connectivity index (χ2n) is 9.28. The molecule has 210 valence electrons. The monoisotopic (exact) mass is 550 g/mol. The van der Waals surface area contributed by atoms with E-state index in [0.29, 0.717) is 0 Å². The van der Waals surface area contributed by atoms with Gasteiger partial charge in [0, 0.05) is 19.6 Å². The van der Waals surface area contributed by atoms with Crippen molar-refractivity contribution in [2.45, 2.75) is 45.1 Å². The summed E-state index contributed by atoms with van der Waals surface area (Å²) in [5.74, 6) is -2.64. The third-order valence-corrected chi connectivity index (χ3v) is 6.73. The molecule has 2 heterocycles. The van der Waals surface area contributed by atoms with E-state index >= 15 is 0 Å². The zero-order valence-corrected chi connectivity index (χ0v) is 21.9. The lowest BCUT2D eigenvalue weighted by molar-refractivity contribution is 0.0638. The fourth-order valence-corrected chi connectivity index (χ4v) is 4.59. The number of carbonyl (C=O) groups excluding carboxylic acids is 2. The molecule has 12 nitrogen and oxygen atoms in total. The Labute approximate surface area is 229 Å². The third kappa shape index (κ3) is 6.22. The van der Waals surface area contributed by atoms with E-state index in [0.717, 1.165) is 15.7 Å². The first kappa shape index (κ1) is 28.1. The Balaban J connectivity index is 1.59. The maximum absolute atomic E-state index is 13.0. The highest BCUT2D eigenvalue weighted by Gasteiger charge is 2.44. The number of carboxylic acid groups (broad SMARTS) is 1. The molecule has 40 heavy (non-hydrogen) atoms. The van der Waals surface area contributed by atoms with Crippen molar-refractivity contribution in [3.8, 4) is 5.75 Å². The highest BCUT2D eigenvalue weighted by molar-refractivity contribution is 5.88. The van der Waals surface area contributed by atoms with Gasteiger partial charge in [-0.2, -0.15) is 0 Å². The van der Waals surface area contributed by atoms with E-state index in [4.69, 9.17) is 9.47 Å². The number of aromatic carboxylic acids is 1. The summed E-state index contributed by atoms with van der Waals surface area (Å²) in [7, 11) is 0. The van der Waals surface area contributed by atoms with Crippen LogP contribution in [-0.2, 0) is 34.8 Å². The second kappa shape index (κ2) is 12.3. The van der Waals surface area contributed by atoms with Crippen molar-refractivity contribution < 1.29 is 34.1 Å². The average Bonchev–Trinajstić information content (AvgIpc) is 2.97. The summed E-state index contributed by atoms with van der Waals surface area (Å²) in [6, 6.07) is 18.2. The molecule has 0 atom stereocenters. The molecule has 3 N–H and O–H groups in total. The number of rotatable bonds is 8. The average molecular weight is 551 g/mol. The molecule has 1 aliphatic heterocycles. The minimum Gasteiger partial charge on any atom is -0.501 e. The van der Waals surface area contributed by atoms with E-state index in [-0.39, 0.29) is 51.5 Å². The van der Waals surface area contributed by atoms with Gasteiger partial charge in [-0.25, -0.2) is 19.4 Å². The molecule has 3 aromatic rings. The van der Waals surface area contributed by atoms with Crippen molar-refractivity contribution in [2.75, 3.05) is 13.1 Å². The molecule has 2 amide bonds. The number of benzene rings is 2. The van der Waals surface area contributed by atoms with Gasteiger partial charge in [0.2, 0.25) is 5.75 Å². The van der Waals surface area contributed by atoms with Gasteiger partial charge in [0.1, 0.15) is 24.6 Å². The Hall–Kier alpha value is -4.87. The molecule has 4 rings (SSSR count). The minimum atomic E-state index is -1.59. The molecule has 12 heteroatoms. The molecule has 0 unspecified atom stereocenters. The van der Waals surface area contributed by atoms with Crippen LogP contribution in [-0.4, -0.2) is 55.9 Å². The van der Waals surface area contributed by atoms with Crippen molar-refractivity contribution in [1.29, 1.82) is 0 Å². The van der Waals surface area contributed by atoms with Crippen molar-refractivity contribution in [2.24, 2.45) is 0 Å². The van der Waals surface area contributed by atoms with E-state index in [1.54, 1.807) is 31.2 Å². The molecular formula is C28H30N4O8. The Morgan fingerprint density at radius 1 is 0.950 bits per heavy atom. The number of piperidine rings is 1. The van der Waals surface area contributed by atoms with Gasteiger partial charge in [-0.15, -0.1) is 0 Å². The topological polar surface area (TPSA) is 160 Å². The smallest absolute Gasteiger partial charge is 0.410 e. The number of carbonyl (C=O) groups is 3.